The van der Waals surface area contributed by atoms with Gasteiger partial charge >= 0.3 is 0 Å². The van der Waals surface area contributed by atoms with Crippen molar-refractivity contribution in [3.8, 4) is 5.75 Å². The molecule has 1 aromatic heterocycles. The fraction of sp³-hybridized carbons (Fsp3) is 0.143. The Morgan fingerprint density at radius 1 is 1.14 bits per heavy atom. The van der Waals surface area contributed by atoms with E-state index in [1.54, 1.807) is 55.8 Å². The summed E-state index contributed by atoms with van der Waals surface area (Å²) in [6.45, 7) is 0.436. The minimum Gasteiger partial charge on any atom is -0.495 e. The van der Waals surface area contributed by atoms with Crippen molar-refractivity contribution in [3.63, 3.8) is 0 Å². The molecule has 0 fully saturated rings. The number of rotatable bonds is 7. The van der Waals surface area contributed by atoms with Gasteiger partial charge in [-0.15, -0.1) is 0 Å². The van der Waals surface area contributed by atoms with Crippen LogP contribution in [0.1, 0.15) is 16.1 Å². The Bertz CT molecular complexity index is 947. The Morgan fingerprint density at radius 3 is 2.61 bits per heavy atom. The third-order valence-corrected chi connectivity index (χ3v) is 4.28. The molecule has 0 saturated heterocycles. The largest absolute Gasteiger partial charge is 0.495 e. The van der Waals surface area contributed by atoms with Crippen molar-refractivity contribution in [3.05, 3.63) is 82.9 Å². The number of pyridine rings is 1. The highest BCUT2D eigenvalue weighted by atomic mass is 35.5. The van der Waals surface area contributed by atoms with Gasteiger partial charge in [0, 0.05) is 11.6 Å². The van der Waals surface area contributed by atoms with Crippen molar-refractivity contribution in [1.82, 2.24) is 10.3 Å². The van der Waals surface area contributed by atoms with Crippen LogP contribution in [0, 0.1) is 5.82 Å². The summed E-state index contributed by atoms with van der Waals surface area (Å²) in [5, 5.41) is 6.55. The van der Waals surface area contributed by atoms with Gasteiger partial charge in [0.05, 0.1) is 24.7 Å². The second kappa shape index (κ2) is 9.19. The highest BCUT2D eigenvalue weighted by Crippen LogP contribution is 2.30. The quantitative estimate of drug-likeness (QED) is 0.609. The zero-order valence-corrected chi connectivity index (χ0v) is 16.0. The molecule has 0 atom stereocenters. The number of ether oxygens (including phenoxy) is 1. The van der Waals surface area contributed by atoms with E-state index in [0.29, 0.717) is 40.8 Å². The van der Waals surface area contributed by atoms with Gasteiger partial charge in [0.25, 0.3) is 5.91 Å². The normalized spacial score (nSPS) is 10.4. The molecule has 2 aromatic carbocycles. The molecule has 0 saturated carbocycles. The van der Waals surface area contributed by atoms with Crippen LogP contribution in [0.15, 0.2) is 60.8 Å². The molecule has 28 heavy (non-hydrogen) atoms. The molecule has 1 amide bonds. The summed E-state index contributed by atoms with van der Waals surface area (Å²) in [4.78, 5) is 16.4. The lowest BCUT2D eigenvalue weighted by molar-refractivity contribution is 0.0949. The predicted molar refractivity (Wildman–Crippen MR) is 108 cm³/mol. The summed E-state index contributed by atoms with van der Waals surface area (Å²) in [5.74, 6) is 0.0992. The fourth-order valence-corrected chi connectivity index (χ4v) is 2.77. The predicted octanol–water partition coefficient (Wildman–Crippen LogP) is 4.60. The molecule has 0 unspecified atom stereocenters. The van der Waals surface area contributed by atoms with E-state index in [1.807, 2.05) is 0 Å². The van der Waals surface area contributed by atoms with E-state index in [9.17, 15) is 9.18 Å². The second-order valence-electron chi connectivity index (χ2n) is 6.03. The minimum absolute atomic E-state index is 0.269. The molecule has 0 aliphatic carbocycles. The summed E-state index contributed by atoms with van der Waals surface area (Å²) < 4.78 is 18.2. The van der Waals surface area contributed by atoms with E-state index in [2.05, 4.69) is 15.6 Å². The maximum atomic E-state index is 12.9. The Balaban J connectivity index is 1.57. The van der Waals surface area contributed by atoms with Crippen LogP contribution in [0.4, 0.5) is 15.8 Å². The van der Waals surface area contributed by atoms with Crippen LogP contribution in [0.3, 0.4) is 0 Å². The van der Waals surface area contributed by atoms with E-state index in [4.69, 9.17) is 16.3 Å². The van der Waals surface area contributed by atoms with Gasteiger partial charge in [-0.3, -0.25) is 4.79 Å². The topological polar surface area (TPSA) is 63.2 Å². The van der Waals surface area contributed by atoms with Crippen molar-refractivity contribution in [2.75, 3.05) is 19.0 Å². The average Bonchev–Trinajstić information content (AvgIpc) is 2.70. The van der Waals surface area contributed by atoms with Crippen LogP contribution in [0.2, 0.25) is 5.02 Å². The van der Waals surface area contributed by atoms with Crippen molar-refractivity contribution in [2.24, 2.45) is 0 Å². The molecular weight excluding hydrogens is 381 g/mol. The van der Waals surface area contributed by atoms with Crippen molar-refractivity contribution >= 4 is 28.9 Å². The summed E-state index contributed by atoms with van der Waals surface area (Å²) in [7, 11) is 1.58. The molecule has 7 heteroatoms. The van der Waals surface area contributed by atoms with Gasteiger partial charge in [0.2, 0.25) is 0 Å². The molecule has 0 aliphatic rings. The number of carbonyl (C=O) groups excluding carboxylic acids is 1. The summed E-state index contributed by atoms with van der Waals surface area (Å²) >= 11 is 6.02. The number of anilines is 2. The van der Waals surface area contributed by atoms with Crippen LogP contribution >= 0.6 is 11.6 Å². The maximum Gasteiger partial charge on any atom is 0.269 e. The van der Waals surface area contributed by atoms with Crippen molar-refractivity contribution < 1.29 is 13.9 Å². The standard InChI is InChI=1S/C21H19ClFN3O2/c1-28-20-9-4-15(22)12-19(20)26-17-7-8-18(25-13-17)21(27)24-11-10-14-2-5-16(23)6-3-14/h2-9,12-13,26H,10-11H2,1H3,(H,24,27). The molecule has 0 aliphatic heterocycles. The lowest BCUT2D eigenvalue weighted by Crippen LogP contribution is -2.26. The highest BCUT2D eigenvalue weighted by molar-refractivity contribution is 6.31. The first kappa shape index (κ1) is 19.6. The number of benzene rings is 2. The van der Waals surface area contributed by atoms with Crippen molar-refractivity contribution in [1.29, 1.82) is 0 Å². The Kier molecular flexibility index (Phi) is 6.45. The number of hydrogen-bond donors (Lipinski definition) is 2. The lowest BCUT2D eigenvalue weighted by Gasteiger charge is -2.11. The molecule has 0 spiro atoms. The summed E-state index contributed by atoms with van der Waals surface area (Å²) in [6.07, 6.45) is 2.18. The number of halogens is 2. The number of nitrogens with zero attached hydrogens (tertiary/aromatic N) is 1. The monoisotopic (exact) mass is 399 g/mol. The Hall–Kier alpha value is -3.12. The molecule has 1 heterocycles. The zero-order chi connectivity index (χ0) is 19.9. The average molecular weight is 400 g/mol. The third kappa shape index (κ3) is 5.20. The number of carbonyl (C=O) groups is 1. The maximum absolute atomic E-state index is 12.9. The first-order valence-corrected chi connectivity index (χ1v) is 9.02. The minimum atomic E-state index is -0.277. The number of hydrogen-bond acceptors (Lipinski definition) is 4. The van der Waals surface area contributed by atoms with Gasteiger partial charge in [-0.25, -0.2) is 9.37 Å². The number of nitrogens with one attached hydrogen (secondary N) is 2. The van der Waals surface area contributed by atoms with Crippen molar-refractivity contribution in [2.45, 2.75) is 6.42 Å². The molecule has 2 N–H and O–H groups in total. The van der Waals surface area contributed by atoms with Gasteiger partial charge < -0.3 is 15.4 Å². The molecule has 3 rings (SSSR count). The van der Waals surface area contributed by atoms with E-state index >= 15 is 0 Å². The van der Waals surface area contributed by atoms with E-state index < -0.39 is 0 Å². The van der Waals surface area contributed by atoms with Gasteiger partial charge in [-0.1, -0.05) is 23.7 Å². The smallest absolute Gasteiger partial charge is 0.269 e. The van der Waals surface area contributed by atoms with Gasteiger partial charge in [0.15, 0.2) is 0 Å². The molecule has 144 valence electrons. The van der Waals surface area contributed by atoms with Crippen LogP contribution in [0.25, 0.3) is 0 Å². The van der Waals surface area contributed by atoms with Crippen LogP contribution in [-0.4, -0.2) is 24.5 Å². The molecule has 3 aromatic rings. The first-order chi connectivity index (χ1) is 13.5. The molecule has 0 radical (unpaired) electrons. The van der Waals surface area contributed by atoms with Gasteiger partial charge in [0.1, 0.15) is 17.3 Å². The van der Waals surface area contributed by atoms with E-state index in [-0.39, 0.29) is 11.7 Å². The molecule has 0 bridgehead atoms. The Morgan fingerprint density at radius 2 is 1.93 bits per heavy atom. The third-order valence-electron chi connectivity index (χ3n) is 4.05. The number of methoxy groups -OCH3 is 1. The Labute approximate surface area is 167 Å². The number of aromatic nitrogens is 1. The van der Waals surface area contributed by atoms with Crippen LogP contribution in [-0.2, 0) is 6.42 Å². The van der Waals surface area contributed by atoms with Crippen LogP contribution in [0.5, 0.6) is 5.75 Å². The first-order valence-electron chi connectivity index (χ1n) is 8.64. The van der Waals surface area contributed by atoms with Gasteiger partial charge in [-0.05, 0) is 54.4 Å². The van der Waals surface area contributed by atoms with E-state index in [0.717, 1.165) is 5.56 Å². The molecule has 5 nitrogen and oxygen atoms in total. The second-order valence-corrected chi connectivity index (χ2v) is 6.47. The number of amides is 1. The van der Waals surface area contributed by atoms with E-state index in [1.165, 1.54) is 12.1 Å². The summed E-state index contributed by atoms with van der Waals surface area (Å²) in [5.41, 5.74) is 2.66. The molecular formula is C21H19ClFN3O2. The zero-order valence-electron chi connectivity index (χ0n) is 15.2. The fourth-order valence-electron chi connectivity index (χ4n) is 2.60. The highest BCUT2D eigenvalue weighted by Gasteiger charge is 2.08. The van der Waals surface area contributed by atoms with Gasteiger partial charge in [-0.2, -0.15) is 0 Å². The van der Waals surface area contributed by atoms with Crippen LogP contribution < -0.4 is 15.4 Å². The lowest BCUT2D eigenvalue weighted by atomic mass is 10.1. The summed E-state index contributed by atoms with van der Waals surface area (Å²) in [6, 6.07) is 14.8. The SMILES string of the molecule is COc1ccc(Cl)cc1Nc1ccc(C(=O)NCCc2ccc(F)cc2)nc1.